The molecule has 0 atom stereocenters. The Balaban J connectivity index is 1.59. The van der Waals surface area contributed by atoms with E-state index in [1.165, 1.54) is 11.1 Å². The Kier molecular flexibility index (Phi) is 2.62. The summed E-state index contributed by atoms with van der Waals surface area (Å²) < 4.78 is 0. The van der Waals surface area contributed by atoms with Gasteiger partial charge >= 0.3 is 0 Å². The molecule has 102 valence electrons. The molecule has 1 aliphatic heterocycles. The number of carbonyl (C=O) groups excluding carboxylic acids is 1. The lowest BCUT2D eigenvalue weighted by Gasteiger charge is -2.26. The van der Waals surface area contributed by atoms with Crippen LogP contribution in [0.5, 0.6) is 0 Å². The van der Waals surface area contributed by atoms with Gasteiger partial charge in [0.05, 0.1) is 11.0 Å². The largest absolute Gasteiger partial charge is 0.359 e. The normalized spacial score (nSPS) is 19.2. The van der Waals surface area contributed by atoms with Crippen molar-refractivity contribution >= 4 is 22.5 Å². The van der Waals surface area contributed by atoms with Crippen LogP contribution in [-0.4, -0.2) is 33.9 Å². The van der Waals surface area contributed by atoms with Crippen LogP contribution in [0.2, 0.25) is 0 Å². The predicted molar refractivity (Wildman–Crippen MR) is 78.0 cm³/mol. The van der Waals surface area contributed by atoms with Gasteiger partial charge in [0, 0.05) is 37.0 Å². The fourth-order valence-corrected chi connectivity index (χ4v) is 2.90. The molecule has 2 aliphatic rings. The highest BCUT2D eigenvalue weighted by molar-refractivity contribution is 5.90. The van der Waals surface area contributed by atoms with E-state index < -0.39 is 0 Å². The number of hydrogen-bond acceptors (Lipinski definition) is 2. The molecule has 1 amide bonds. The molecule has 1 saturated carbocycles. The van der Waals surface area contributed by atoms with E-state index in [4.69, 9.17) is 0 Å². The van der Waals surface area contributed by atoms with E-state index >= 15 is 0 Å². The van der Waals surface area contributed by atoms with Gasteiger partial charge in [0.2, 0.25) is 5.91 Å². The number of aromatic nitrogens is 2. The summed E-state index contributed by atoms with van der Waals surface area (Å²) in [6.45, 7) is 1.57. The lowest BCUT2D eigenvalue weighted by atomic mass is 10.0. The molecule has 0 radical (unpaired) electrons. The summed E-state index contributed by atoms with van der Waals surface area (Å²) in [5.41, 5.74) is 4.58. The van der Waals surface area contributed by atoms with Crippen LogP contribution < -0.4 is 0 Å². The summed E-state index contributed by atoms with van der Waals surface area (Å²) >= 11 is 0. The number of aromatic amines is 1. The Hall–Kier alpha value is -2.10. The lowest BCUT2D eigenvalue weighted by molar-refractivity contribution is -0.132. The van der Waals surface area contributed by atoms with E-state index in [1.807, 2.05) is 29.4 Å². The van der Waals surface area contributed by atoms with Crippen molar-refractivity contribution in [2.45, 2.75) is 19.3 Å². The van der Waals surface area contributed by atoms with Crippen molar-refractivity contribution in [1.29, 1.82) is 0 Å². The van der Waals surface area contributed by atoms with Crippen molar-refractivity contribution in [3.8, 4) is 0 Å². The van der Waals surface area contributed by atoms with E-state index in [0.29, 0.717) is 11.8 Å². The van der Waals surface area contributed by atoms with Crippen molar-refractivity contribution in [1.82, 2.24) is 14.9 Å². The molecule has 0 unspecified atom stereocenters. The number of nitrogens with zero attached hydrogens (tertiary/aromatic N) is 2. The SMILES string of the molecule is O=C(C1CC1)N1CC=C(c2c[nH]c3cccnc23)CC1. The molecular formula is C16H17N3O. The quantitative estimate of drug-likeness (QED) is 0.909. The highest BCUT2D eigenvalue weighted by Crippen LogP contribution is 2.33. The third-order valence-electron chi connectivity index (χ3n) is 4.23. The summed E-state index contributed by atoms with van der Waals surface area (Å²) in [5, 5.41) is 0. The van der Waals surface area contributed by atoms with E-state index in [-0.39, 0.29) is 0 Å². The van der Waals surface area contributed by atoms with Crippen LogP contribution in [-0.2, 0) is 4.79 Å². The first-order valence-electron chi connectivity index (χ1n) is 7.23. The minimum Gasteiger partial charge on any atom is -0.359 e. The van der Waals surface area contributed by atoms with Crippen LogP contribution in [0.4, 0.5) is 0 Å². The van der Waals surface area contributed by atoms with Gasteiger partial charge in [-0.2, -0.15) is 0 Å². The minimum absolute atomic E-state index is 0.319. The zero-order valence-corrected chi connectivity index (χ0v) is 11.3. The molecule has 20 heavy (non-hydrogen) atoms. The van der Waals surface area contributed by atoms with Crippen LogP contribution in [0.25, 0.3) is 16.6 Å². The Bertz CT molecular complexity index is 697. The molecular weight excluding hydrogens is 250 g/mol. The third kappa shape index (κ3) is 1.92. The summed E-state index contributed by atoms with van der Waals surface area (Å²) in [5.74, 6) is 0.664. The molecule has 4 heteroatoms. The van der Waals surface area contributed by atoms with Crippen molar-refractivity contribution in [3.63, 3.8) is 0 Å². The van der Waals surface area contributed by atoms with Crippen LogP contribution in [0.1, 0.15) is 24.8 Å². The molecule has 1 N–H and O–H groups in total. The van der Waals surface area contributed by atoms with Gasteiger partial charge < -0.3 is 9.88 Å². The van der Waals surface area contributed by atoms with Gasteiger partial charge in [0.25, 0.3) is 0 Å². The van der Waals surface area contributed by atoms with E-state index in [1.54, 1.807) is 0 Å². The molecule has 0 spiro atoms. The number of rotatable bonds is 2. The second-order valence-corrected chi connectivity index (χ2v) is 5.64. The molecule has 2 aromatic heterocycles. The average molecular weight is 267 g/mol. The standard InChI is InChI=1S/C16H17N3O/c20-16(12-3-4-12)19-8-5-11(6-9-19)13-10-18-14-2-1-7-17-15(13)14/h1-2,5,7,10,12,18H,3-4,6,8-9H2. The maximum absolute atomic E-state index is 12.0. The fraction of sp³-hybridized carbons (Fsp3) is 0.375. The monoisotopic (exact) mass is 267 g/mol. The first kappa shape index (κ1) is 11.7. The summed E-state index contributed by atoms with van der Waals surface area (Å²) in [6, 6.07) is 3.98. The molecule has 3 heterocycles. The molecule has 0 bridgehead atoms. The van der Waals surface area contributed by atoms with Crippen molar-refractivity contribution in [3.05, 3.63) is 36.2 Å². The molecule has 0 saturated heterocycles. The third-order valence-corrected chi connectivity index (χ3v) is 4.23. The number of fused-ring (bicyclic) bond motifs is 1. The first-order valence-corrected chi connectivity index (χ1v) is 7.23. The molecule has 1 aliphatic carbocycles. The Morgan fingerprint density at radius 3 is 3.05 bits per heavy atom. The molecule has 2 aromatic rings. The Morgan fingerprint density at radius 1 is 1.40 bits per heavy atom. The zero-order valence-electron chi connectivity index (χ0n) is 11.3. The number of hydrogen-bond donors (Lipinski definition) is 1. The van der Waals surface area contributed by atoms with Gasteiger partial charge in [0.15, 0.2) is 0 Å². The molecule has 4 nitrogen and oxygen atoms in total. The van der Waals surface area contributed by atoms with Crippen LogP contribution >= 0.6 is 0 Å². The van der Waals surface area contributed by atoms with Gasteiger partial charge in [-0.1, -0.05) is 6.08 Å². The maximum atomic E-state index is 12.0. The summed E-state index contributed by atoms with van der Waals surface area (Å²) in [7, 11) is 0. The number of H-pyrrole nitrogens is 1. The summed E-state index contributed by atoms with van der Waals surface area (Å²) in [4.78, 5) is 21.8. The predicted octanol–water partition coefficient (Wildman–Crippen LogP) is 2.59. The highest BCUT2D eigenvalue weighted by atomic mass is 16.2. The molecule has 0 aromatic carbocycles. The number of pyridine rings is 1. The molecule has 1 fully saturated rings. The van der Waals surface area contributed by atoms with Crippen LogP contribution in [0.15, 0.2) is 30.6 Å². The topological polar surface area (TPSA) is 49.0 Å². The van der Waals surface area contributed by atoms with Gasteiger partial charge in [-0.3, -0.25) is 9.78 Å². The smallest absolute Gasteiger partial charge is 0.225 e. The van der Waals surface area contributed by atoms with Crippen LogP contribution in [0.3, 0.4) is 0 Å². The van der Waals surface area contributed by atoms with Gasteiger partial charge in [-0.25, -0.2) is 0 Å². The van der Waals surface area contributed by atoms with E-state index in [0.717, 1.165) is 43.4 Å². The number of carbonyl (C=O) groups is 1. The summed E-state index contributed by atoms with van der Waals surface area (Å²) in [6.07, 6.45) is 9.12. The second-order valence-electron chi connectivity index (χ2n) is 5.64. The van der Waals surface area contributed by atoms with Crippen molar-refractivity contribution in [2.75, 3.05) is 13.1 Å². The maximum Gasteiger partial charge on any atom is 0.225 e. The van der Waals surface area contributed by atoms with E-state index in [2.05, 4.69) is 16.0 Å². The van der Waals surface area contributed by atoms with Crippen molar-refractivity contribution in [2.24, 2.45) is 5.92 Å². The first-order chi connectivity index (χ1) is 9.83. The number of amides is 1. The van der Waals surface area contributed by atoms with Gasteiger partial charge in [0.1, 0.15) is 0 Å². The Morgan fingerprint density at radius 2 is 2.30 bits per heavy atom. The minimum atomic E-state index is 0.319. The zero-order chi connectivity index (χ0) is 13.5. The Labute approximate surface area is 117 Å². The number of nitrogens with one attached hydrogen (secondary N) is 1. The average Bonchev–Trinajstić information content (AvgIpc) is 3.26. The van der Waals surface area contributed by atoms with E-state index in [9.17, 15) is 4.79 Å². The van der Waals surface area contributed by atoms with Crippen LogP contribution in [0, 0.1) is 5.92 Å². The van der Waals surface area contributed by atoms with Gasteiger partial charge in [-0.15, -0.1) is 0 Å². The lowest BCUT2D eigenvalue weighted by Crippen LogP contribution is -2.35. The highest BCUT2D eigenvalue weighted by Gasteiger charge is 2.33. The van der Waals surface area contributed by atoms with Gasteiger partial charge in [-0.05, 0) is 37.0 Å². The molecule has 4 rings (SSSR count). The van der Waals surface area contributed by atoms with Crippen molar-refractivity contribution < 1.29 is 4.79 Å². The fourth-order valence-electron chi connectivity index (χ4n) is 2.90. The second kappa shape index (κ2) is 4.47.